The fraction of sp³-hybridized carbons (Fsp3) is 0.381. The van der Waals surface area contributed by atoms with E-state index in [0.29, 0.717) is 30.8 Å². The highest BCUT2D eigenvalue weighted by Crippen LogP contribution is 2.27. The van der Waals surface area contributed by atoms with Crippen molar-refractivity contribution in [3.05, 3.63) is 53.6 Å². The third kappa shape index (κ3) is 4.72. The van der Waals surface area contributed by atoms with Gasteiger partial charge in [-0.3, -0.25) is 4.79 Å². The van der Waals surface area contributed by atoms with Crippen LogP contribution in [0.1, 0.15) is 30.4 Å². The number of nitrogens with one attached hydrogen (secondary N) is 1. The Bertz CT molecular complexity index is 951. The molecule has 0 aromatic heterocycles. The Labute approximate surface area is 166 Å². The van der Waals surface area contributed by atoms with Gasteiger partial charge in [-0.05, 0) is 67.6 Å². The predicted molar refractivity (Wildman–Crippen MR) is 109 cm³/mol. The Kier molecular flexibility index (Phi) is 6.36. The second-order valence-corrected chi connectivity index (χ2v) is 8.94. The minimum Gasteiger partial charge on any atom is -0.496 e. The van der Waals surface area contributed by atoms with Crippen molar-refractivity contribution in [3.8, 4) is 5.75 Å². The van der Waals surface area contributed by atoms with Gasteiger partial charge in [0.05, 0.1) is 12.0 Å². The molecule has 7 heteroatoms. The number of rotatable bonds is 7. The molecular weight excluding hydrogens is 376 g/mol. The quantitative estimate of drug-likeness (QED) is 0.771. The number of hydrogen-bond acceptors (Lipinski definition) is 4. The van der Waals surface area contributed by atoms with E-state index in [1.807, 2.05) is 31.2 Å². The number of carbonyl (C=O) groups excluding carboxylic acids is 1. The van der Waals surface area contributed by atoms with Crippen molar-refractivity contribution in [3.63, 3.8) is 0 Å². The highest BCUT2D eigenvalue weighted by atomic mass is 32.2. The molecule has 1 saturated heterocycles. The van der Waals surface area contributed by atoms with Gasteiger partial charge in [0.2, 0.25) is 15.9 Å². The lowest BCUT2D eigenvalue weighted by Gasteiger charge is -2.17. The van der Waals surface area contributed by atoms with Gasteiger partial charge in [0.15, 0.2) is 0 Å². The molecule has 6 nitrogen and oxygen atoms in total. The number of nitrogens with zero attached hydrogens (tertiary/aromatic N) is 1. The van der Waals surface area contributed by atoms with Crippen LogP contribution in [-0.2, 0) is 21.2 Å². The zero-order valence-corrected chi connectivity index (χ0v) is 17.1. The number of ether oxygens (including phenoxy) is 1. The molecule has 1 N–H and O–H groups in total. The first kappa shape index (κ1) is 20.4. The molecule has 3 rings (SSSR count). The maximum atomic E-state index is 12.8. The fourth-order valence-electron chi connectivity index (χ4n) is 3.38. The number of methoxy groups -OCH3 is 1. The molecule has 28 heavy (non-hydrogen) atoms. The van der Waals surface area contributed by atoms with E-state index in [1.165, 1.54) is 4.31 Å². The van der Waals surface area contributed by atoms with Crippen LogP contribution in [0.5, 0.6) is 5.75 Å². The first-order valence-electron chi connectivity index (χ1n) is 9.44. The van der Waals surface area contributed by atoms with E-state index in [0.717, 1.165) is 24.1 Å². The maximum Gasteiger partial charge on any atom is 0.243 e. The van der Waals surface area contributed by atoms with Crippen molar-refractivity contribution in [2.75, 3.05) is 25.5 Å². The fourth-order valence-corrected chi connectivity index (χ4v) is 4.95. The second-order valence-electron chi connectivity index (χ2n) is 7.00. The Hall–Kier alpha value is -2.38. The van der Waals surface area contributed by atoms with Crippen LogP contribution in [0.3, 0.4) is 0 Å². The summed E-state index contributed by atoms with van der Waals surface area (Å²) in [6.45, 7) is 3.08. The SMILES string of the molecule is COc1ccc(S(=O)(=O)N2CCCC2)cc1CCC(=O)Nc1cccc(C)c1. The summed E-state index contributed by atoms with van der Waals surface area (Å²) >= 11 is 0. The van der Waals surface area contributed by atoms with Gasteiger partial charge in [0, 0.05) is 25.2 Å². The Balaban J connectivity index is 1.72. The molecular formula is C21H26N2O4S. The third-order valence-corrected chi connectivity index (χ3v) is 6.77. The molecule has 1 aliphatic rings. The number of benzene rings is 2. The van der Waals surface area contributed by atoms with Gasteiger partial charge in [-0.25, -0.2) is 8.42 Å². The Morgan fingerprint density at radius 1 is 1.14 bits per heavy atom. The first-order valence-corrected chi connectivity index (χ1v) is 10.9. The van der Waals surface area contributed by atoms with Crippen molar-refractivity contribution in [1.29, 1.82) is 0 Å². The standard InChI is InChI=1S/C21H26N2O4S/c1-16-6-5-7-18(14-16)22-21(24)11-8-17-15-19(9-10-20(17)27-2)28(25,26)23-12-3-4-13-23/h5-7,9-10,14-15H,3-4,8,11-13H2,1-2H3,(H,22,24). The highest BCUT2D eigenvalue weighted by Gasteiger charge is 2.27. The van der Waals surface area contributed by atoms with Gasteiger partial charge in [0.1, 0.15) is 5.75 Å². The molecule has 0 spiro atoms. The molecule has 0 atom stereocenters. The van der Waals surface area contributed by atoms with E-state index in [2.05, 4.69) is 5.32 Å². The van der Waals surface area contributed by atoms with Crippen molar-refractivity contribution in [2.24, 2.45) is 0 Å². The van der Waals surface area contributed by atoms with E-state index < -0.39 is 10.0 Å². The monoisotopic (exact) mass is 402 g/mol. The molecule has 1 amide bonds. The Morgan fingerprint density at radius 2 is 1.89 bits per heavy atom. The summed E-state index contributed by atoms with van der Waals surface area (Å²) < 4.78 is 32.5. The minimum atomic E-state index is -3.50. The second kappa shape index (κ2) is 8.75. The minimum absolute atomic E-state index is 0.125. The van der Waals surface area contributed by atoms with Gasteiger partial charge < -0.3 is 10.1 Å². The lowest BCUT2D eigenvalue weighted by Crippen LogP contribution is -2.28. The molecule has 0 unspecified atom stereocenters. The van der Waals surface area contributed by atoms with Crippen LogP contribution in [0.2, 0.25) is 0 Å². The Morgan fingerprint density at radius 3 is 2.57 bits per heavy atom. The van der Waals surface area contributed by atoms with E-state index in [9.17, 15) is 13.2 Å². The van der Waals surface area contributed by atoms with E-state index >= 15 is 0 Å². The van der Waals surface area contributed by atoms with Crippen LogP contribution in [-0.4, -0.2) is 38.8 Å². The number of carbonyl (C=O) groups is 1. The topological polar surface area (TPSA) is 75.7 Å². The highest BCUT2D eigenvalue weighted by molar-refractivity contribution is 7.89. The summed E-state index contributed by atoms with van der Waals surface area (Å²) in [4.78, 5) is 12.6. The van der Waals surface area contributed by atoms with Crippen molar-refractivity contribution >= 4 is 21.6 Å². The van der Waals surface area contributed by atoms with Crippen LogP contribution in [0.25, 0.3) is 0 Å². The van der Waals surface area contributed by atoms with E-state index in [4.69, 9.17) is 4.74 Å². The predicted octanol–water partition coefficient (Wildman–Crippen LogP) is 3.36. The zero-order valence-electron chi connectivity index (χ0n) is 16.3. The van der Waals surface area contributed by atoms with Crippen molar-refractivity contribution in [2.45, 2.75) is 37.5 Å². The molecule has 0 radical (unpaired) electrons. The summed E-state index contributed by atoms with van der Waals surface area (Å²) in [7, 11) is -1.96. The number of amides is 1. The molecule has 2 aromatic rings. The number of aryl methyl sites for hydroxylation is 2. The van der Waals surface area contributed by atoms with Gasteiger partial charge in [0.25, 0.3) is 0 Å². The molecule has 0 aliphatic carbocycles. The molecule has 1 fully saturated rings. The van der Waals surface area contributed by atoms with Crippen LogP contribution in [0.4, 0.5) is 5.69 Å². The summed E-state index contributed by atoms with van der Waals surface area (Å²) in [6.07, 6.45) is 2.41. The van der Waals surface area contributed by atoms with Crippen molar-refractivity contribution < 1.29 is 17.9 Å². The first-order chi connectivity index (χ1) is 13.4. The van der Waals surface area contributed by atoms with Gasteiger partial charge in [-0.2, -0.15) is 4.31 Å². The number of anilines is 1. The molecule has 2 aromatic carbocycles. The van der Waals surface area contributed by atoms with Crippen molar-refractivity contribution in [1.82, 2.24) is 4.31 Å². The summed E-state index contributed by atoms with van der Waals surface area (Å²) in [5.74, 6) is 0.462. The smallest absolute Gasteiger partial charge is 0.243 e. The largest absolute Gasteiger partial charge is 0.496 e. The normalized spacial score (nSPS) is 14.8. The van der Waals surface area contributed by atoms with Crippen LogP contribution >= 0.6 is 0 Å². The molecule has 0 bridgehead atoms. The van der Waals surface area contributed by atoms with Gasteiger partial charge in [-0.15, -0.1) is 0 Å². The molecule has 150 valence electrons. The third-order valence-electron chi connectivity index (χ3n) is 4.88. The van der Waals surface area contributed by atoms with Crippen LogP contribution < -0.4 is 10.1 Å². The van der Waals surface area contributed by atoms with Crippen LogP contribution in [0, 0.1) is 6.92 Å². The number of hydrogen-bond donors (Lipinski definition) is 1. The summed E-state index contributed by atoms with van der Waals surface area (Å²) in [5, 5.41) is 2.87. The van der Waals surface area contributed by atoms with Crippen LogP contribution in [0.15, 0.2) is 47.4 Å². The molecule has 0 saturated carbocycles. The molecule has 1 aliphatic heterocycles. The van der Waals surface area contributed by atoms with Gasteiger partial charge in [-0.1, -0.05) is 12.1 Å². The number of sulfonamides is 1. The average Bonchev–Trinajstić information content (AvgIpc) is 3.22. The van der Waals surface area contributed by atoms with Gasteiger partial charge >= 0.3 is 0 Å². The summed E-state index contributed by atoms with van der Waals surface area (Å²) in [6, 6.07) is 12.5. The molecule has 1 heterocycles. The lowest BCUT2D eigenvalue weighted by molar-refractivity contribution is -0.116. The zero-order chi connectivity index (χ0) is 20.1. The lowest BCUT2D eigenvalue weighted by atomic mass is 10.1. The van der Waals surface area contributed by atoms with E-state index in [-0.39, 0.29) is 17.2 Å². The van der Waals surface area contributed by atoms with E-state index in [1.54, 1.807) is 25.3 Å². The maximum absolute atomic E-state index is 12.8. The average molecular weight is 403 g/mol. The summed E-state index contributed by atoms with van der Waals surface area (Å²) in [5.41, 5.74) is 2.53.